The van der Waals surface area contributed by atoms with E-state index < -0.39 is 11.9 Å². The van der Waals surface area contributed by atoms with E-state index in [0.29, 0.717) is 0 Å². The summed E-state index contributed by atoms with van der Waals surface area (Å²) in [6.07, 6.45) is 67.9. The van der Waals surface area contributed by atoms with E-state index in [1.54, 1.807) is 0 Å². The molecule has 0 unspecified atom stereocenters. The Labute approximate surface area is 476 Å². The maximum absolute atomic E-state index is 10.6. The molecule has 0 heterocycles. The van der Waals surface area contributed by atoms with E-state index in [1.807, 2.05) is 0 Å². The molecular weight excluding hydrogens is 901 g/mol. The van der Waals surface area contributed by atoms with Gasteiger partial charge >= 0.3 is 37.7 Å². The smallest absolute Gasteiger partial charge is 0.550 e. The van der Waals surface area contributed by atoms with Crippen molar-refractivity contribution in [2.45, 2.75) is 362 Å². The molecule has 0 aromatic heterocycles. The Morgan fingerprint density at radius 2 is 0.352 bits per heavy atom. The molecule has 0 radical (unpaired) electrons. The van der Waals surface area contributed by atoms with Gasteiger partial charge in [-0.15, -0.1) is 0 Å². The molecule has 0 saturated carbocycles. The van der Waals surface area contributed by atoms with Gasteiger partial charge < -0.3 is 29.6 Å². The van der Waals surface area contributed by atoms with Crippen LogP contribution in [0.1, 0.15) is 362 Å². The standard InChI is InChI=1S/2C32H65NO2.Ca/c2*1-3-5-7-9-11-13-15-17-19-21-25-29-33(31-27-23-24-28-32(34)35)30-26-22-20-18-16-14-12-10-8-6-4-2;/h2*3-31H2,1-2H3,(H,34,35);/q;;+2/p-2. The van der Waals surface area contributed by atoms with Crippen LogP contribution in [-0.4, -0.2) is 98.7 Å². The normalized spacial score (nSPS) is 11.4. The summed E-state index contributed by atoms with van der Waals surface area (Å²) in [6, 6.07) is 0. The molecule has 0 rings (SSSR count). The molecule has 0 aliphatic rings. The van der Waals surface area contributed by atoms with E-state index in [0.717, 1.165) is 51.6 Å². The summed E-state index contributed by atoms with van der Waals surface area (Å²) < 4.78 is 0. The van der Waals surface area contributed by atoms with Crippen LogP contribution in [0.4, 0.5) is 0 Å². The summed E-state index contributed by atoms with van der Waals surface area (Å²) in [5.74, 6) is -1.80. The number of nitrogens with zero attached hydrogens (tertiary/aromatic N) is 2. The molecule has 7 heteroatoms. The molecule has 0 N–H and O–H groups in total. The van der Waals surface area contributed by atoms with Crippen LogP contribution in [0, 0.1) is 0 Å². The molecule has 6 nitrogen and oxygen atoms in total. The SMILES string of the molecule is CCCCCCCCCCCCCN(CCCCCCCCCCCCC)CCCCCC(=O)[O-].CCCCCCCCCCCCCN(CCCCCCCCCCCCC)CCCCCC(=O)[O-].[Ca+2]. The molecule has 71 heavy (non-hydrogen) atoms. The van der Waals surface area contributed by atoms with Gasteiger partial charge in [-0.3, -0.25) is 0 Å². The minimum atomic E-state index is -0.899. The van der Waals surface area contributed by atoms with E-state index in [4.69, 9.17) is 0 Å². The van der Waals surface area contributed by atoms with Gasteiger partial charge in [-0.2, -0.15) is 0 Å². The van der Waals surface area contributed by atoms with Crippen LogP contribution in [0.3, 0.4) is 0 Å². The van der Waals surface area contributed by atoms with Crippen molar-refractivity contribution in [2.24, 2.45) is 0 Å². The van der Waals surface area contributed by atoms with Gasteiger partial charge in [0, 0.05) is 11.9 Å². The van der Waals surface area contributed by atoms with Gasteiger partial charge in [-0.25, -0.2) is 0 Å². The predicted molar refractivity (Wildman–Crippen MR) is 311 cm³/mol. The number of carbonyl (C=O) groups is 2. The number of hydrogen-bond donors (Lipinski definition) is 0. The number of carboxylic acid groups (broad SMARTS) is 2. The molecule has 0 fully saturated rings. The van der Waals surface area contributed by atoms with Gasteiger partial charge in [-0.1, -0.05) is 297 Å². The van der Waals surface area contributed by atoms with Crippen LogP contribution < -0.4 is 10.2 Å². The zero-order valence-corrected chi connectivity index (χ0v) is 51.5. The van der Waals surface area contributed by atoms with Crippen molar-refractivity contribution in [3.05, 3.63) is 0 Å². The van der Waals surface area contributed by atoms with Crippen LogP contribution in [0.25, 0.3) is 0 Å². The molecular formula is C64H128CaN2O4. The number of hydrogen-bond acceptors (Lipinski definition) is 6. The summed E-state index contributed by atoms with van der Waals surface area (Å²) in [5, 5.41) is 21.3. The fourth-order valence-corrected chi connectivity index (χ4v) is 10.2. The Morgan fingerprint density at radius 3 is 0.493 bits per heavy atom. The van der Waals surface area contributed by atoms with Gasteiger partial charge in [-0.05, 0) is 103 Å². The van der Waals surface area contributed by atoms with Crippen molar-refractivity contribution < 1.29 is 19.8 Å². The zero-order valence-electron chi connectivity index (χ0n) is 49.2. The molecule has 0 spiro atoms. The minimum absolute atomic E-state index is 0. The maximum Gasteiger partial charge on any atom is 2.00 e. The molecule has 0 aromatic rings. The molecule has 0 bridgehead atoms. The number of rotatable bonds is 60. The van der Waals surface area contributed by atoms with Crippen LogP contribution >= 0.6 is 0 Å². The first-order valence-electron chi connectivity index (χ1n) is 32.2. The van der Waals surface area contributed by atoms with E-state index >= 15 is 0 Å². The maximum atomic E-state index is 10.6. The van der Waals surface area contributed by atoms with E-state index in [1.165, 1.54) is 309 Å². The van der Waals surface area contributed by atoms with Crippen LogP contribution in [0.2, 0.25) is 0 Å². The zero-order chi connectivity index (χ0) is 51.3. The summed E-state index contributed by atoms with van der Waals surface area (Å²) in [4.78, 5) is 26.6. The fraction of sp³-hybridized carbons (Fsp3) is 0.969. The third kappa shape index (κ3) is 70.1. The Kier molecular flexibility index (Phi) is 72.3. The first-order chi connectivity index (χ1) is 34.4. The Bertz CT molecular complexity index is 856. The molecule has 420 valence electrons. The summed E-state index contributed by atoms with van der Waals surface area (Å²) in [5.41, 5.74) is 0. The summed E-state index contributed by atoms with van der Waals surface area (Å²) in [7, 11) is 0. The van der Waals surface area contributed by atoms with E-state index in [-0.39, 0.29) is 50.6 Å². The fourth-order valence-electron chi connectivity index (χ4n) is 10.2. The molecule has 0 aliphatic carbocycles. The van der Waals surface area contributed by atoms with Gasteiger partial charge in [0.05, 0.1) is 0 Å². The quantitative estimate of drug-likeness (QED) is 0.0446. The largest absolute Gasteiger partial charge is 2.00 e. The van der Waals surface area contributed by atoms with E-state index in [9.17, 15) is 19.8 Å². The van der Waals surface area contributed by atoms with Crippen molar-refractivity contribution >= 4 is 49.7 Å². The van der Waals surface area contributed by atoms with Crippen molar-refractivity contribution in [2.75, 3.05) is 39.3 Å². The first-order valence-corrected chi connectivity index (χ1v) is 32.2. The van der Waals surface area contributed by atoms with Gasteiger partial charge in [0.25, 0.3) is 0 Å². The second kappa shape index (κ2) is 68.1. The summed E-state index contributed by atoms with van der Waals surface area (Å²) >= 11 is 0. The summed E-state index contributed by atoms with van der Waals surface area (Å²) in [6.45, 7) is 16.4. The van der Waals surface area contributed by atoms with Crippen molar-refractivity contribution in [1.29, 1.82) is 0 Å². The third-order valence-corrected chi connectivity index (χ3v) is 15.0. The Balaban J connectivity index is -0.00000128. The van der Waals surface area contributed by atoms with Crippen molar-refractivity contribution in [3.63, 3.8) is 0 Å². The second-order valence-electron chi connectivity index (χ2n) is 22.2. The monoisotopic (exact) mass is 1030 g/mol. The van der Waals surface area contributed by atoms with Crippen LogP contribution in [0.5, 0.6) is 0 Å². The number of carbonyl (C=O) groups excluding carboxylic acids is 2. The molecule has 0 atom stereocenters. The van der Waals surface area contributed by atoms with Gasteiger partial charge in [0.1, 0.15) is 0 Å². The second-order valence-corrected chi connectivity index (χ2v) is 22.2. The average molecular weight is 1030 g/mol. The topological polar surface area (TPSA) is 86.7 Å². The van der Waals surface area contributed by atoms with Gasteiger partial charge in [0.2, 0.25) is 0 Å². The Morgan fingerprint density at radius 1 is 0.225 bits per heavy atom. The van der Waals surface area contributed by atoms with E-state index in [2.05, 4.69) is 37.5 Å². The molecule has 0 saturated heterocycles. The predicted octanol–water partition coefficient (Wildman–Crippen LogP) is 18.1. The third-order valence-electron chi connectivity index (χ3n) is 15.0. The van der Waals surface area contributed by atoms with Crippen molar-refractivity contribution in [3.8, 4) is 0 Å². The number of unbranched alkanes of at least 4 members (excludes halogenated alkanes) is 44. The molecule has 0 aromatic carbocycles. The Hall–Kier alpha value is 0.120. The molecule has 0 amide bonds. The van der Waals surface area contributed by atoms with Crippen LogP contribution in [-0.2, 0) is 9.59 Å². The van der Waals surface area contributed by atoms with Crippen LogP contribution in [0.15, 0.2) is 0 Å². The van der Waals surface area contributed by atoms with Gasteiger partial charge in [0.15, 0.2) is 0 Å². The minimum Gasteiger partial charge on any atom is -0.550 e. The van der Waals surface area contributed by atoms with Crippen molar-refractivity contribution in [1.82, 2.24) is 9.80 Å². The number of carboxylic acids is 2. The number of aliphatic carboxylic acids is 2. The average Bonchev–Trinajstić information content (AvgIpc) is 3.35. The molecule has 0 aliphatic heterocycles. The first kappa shape index (κ1) is 75.4.